The highest BCUT2D eigenvalue weighted by Crippen LogP contribution is 2.31. The Kier molecular flexibility index (Phi) is 18.3. The van der Waals surface area contributed by atoms with Crippen LogP contribution in [-0.2, 0) is 36.9 Å². The number of amides is 4. The third-order valence-electron chi connectivity index (χ3n) is 10.2. The maximum atomic E-state index is 14.7. The van der Waals surface area contributed by atoms with Crippen molar-refractivity contribution in [3.05, 3.63) is 113 Å². The summed E-state index contributed by atoms with van der Waals surface area (Å²) in [6.07, 6.45) is 6.71. The summed E-state index contributed by atoms with van der Waals surface area (Å²) in [6, 6.07) is 16.7. The number of unbranched alkanes of at least 4 members (excludes halogenated alkanes) is 2. The maximum absolute atomic E-state index is 14.7. The van der Waals surface area contributed by atoms with Gasteiger partial charge in [-0.15, -0.1) is 0 Å². The van der Waals surface area contributed by atoms with Crippen molar-refractivity contribution in [2.45, 2.75) is 57.7 Å². The summed E-state index contributed by atoms with van der Waals surface area (Å²) in [7, 11) is 1.60. The summed E-state index contributed by atoms with van der Waals surface area (Å²) in [5.41, 5.74) is 8.46. The molecule has 1 aromatic heterocycles. The van der Waals surface area contributed by atoms with Gasteiger partial charge in [-0.2, -0.15) is 0 Å². The van der Waals surface area contributed by atoms with E-state index in [9.17, 15) is 28.4 Å². The molecule has 0 fully saturated rings. The van der Waals surface area contributed by atoms with Crippen LogP contribution in [0.3, 0.4) is 0 Å². The minimum absolute atomic E-state index is 0.0456. The van der Waals surface area contributed by atoms with Gasteiger partial charge in [0.05, 0.1) is 13.2 Å². The molecule has 338 valence electrons. The summed E-state index contributed by atoms with van der Waals surface area (Å²) in [5, 5.41) is 25.3. The van der Waals surface area contributed by atoms with E-state index < -0.39 is 29.6 Å². The lowest BCUT2D eigenvalue weighted by atomic mass is 10.1. The molecular weight excluding hydrogens is 828 g/mol. The number of aldehydes is 1. The molecule has 0 saturated carbocycles. The molecule has 0 radical (unpaired) electrons. The first-order valence-electron chi connectivity index (χ1n) is 20.8. The minimum atomic E-state index is -0.931. The summed E-state index contributed by atoms with van der Waals surface area (Å²) < 4.78 is 31.7. The van der Waals surface area contributed by atoms with E-state index in [1.807, 2.05) is 0 Å². The van der Waals surface area contributed by atoms with E-state index in [0.29, 0.717) is 78.6 Å². The third kappa shape index (κ3) is 13.9. The zero-order valence-corrected chi connectivity index (χ0v) is 35.6. The van der Waals surface area contributed by atoms with Crippen molar-refractivity contribution in [3.63, 3.8) is 0 Å². The molecule has 0 saturated heterocycles. The highest BCUT2D eigenvalue weighted by molar-refractivity contribution is 6.07. The molecule has 0 aliphatic carbocycles. The van der Waals surface area contributed by atoms with Crippen LogP contribution in [0.15, 0.2) is 79.3 Å². The van der Waals surface area contributed by atoms with E-state index in [2.05, 4.69) is 25.9 Å². The lowest BCUT2D eigenvalue weighted by molar-refractivity contribution is -0.123. The Bertz CT molecular complexity index is 2280. The molecule has 19 heteroatoms. The number of ether oxygens (including phenoxy) is 3. The van der Waals surface area contributed by atoms with Gasteiger partial charge in [0.1, 0.15) is 48.4 Å². The van der Waals surface area contributed by atoms with E-state index in [1.165, 1.54) is 28.4 Å². The Morgan fingerprint density at radius 2 is 1.77 bits per heavy atom. The number of likely N-dealkylation sites (N-methyl/N-ethyl adjacent to an activating group) is 1. The molecule has 0 bridgehead atoms. The smallest absolute Gasteiger partial charge is 0.255 e. The van der Waals surface area contributed by atoms with Gasteiger partial charge in [-0.25, -0.2) is 14.4 Å². The number of carbonyl (C=O) groups is 5. The number of hydrogen-bond acceptors (Lipinski definition) is 13. The largest absolute Gasteiger partial charge is 0.494 e. The number of aromatic nitrogens is 2. The average molecular weight is 881 g/mol. The standard InChI is InChI=1S/C45H53FN10O8/c1-55(42(48)38-16-17-50-29-53-38)40(47)26-51-32-10-5-9-30(23-32)44(60)52-25-31-24-33(14-15-36(31)46)64-22-4-2-3-19-62-20-8-21-63-28-41(58)54-37-12-6-11-34-35(37)27-56(45(34)61)39(43(49)59)13-7-18-57/h5-6,9-12,14-18,23-24,29,39,47-48,51H,2-4,7-8,13,19-22,25-28H2,1H3,(H2,49,59)(H,52,60)(H,54,58). The molecule has 1 aliphatic heterocycles. The molecule has 1 aliphatic rings. The van der Waals surface area contributed by atoms with E-state index in [-0.39, 0.29) is 62.2 Å². The van der Waals surface area contributed by atoms with Gasteiger partial charge in [0, 0.05) is 86.2 Å². The van der Waals surface area contributed by atoms with Crippen LogP contribution in [0.5, 0.6) is 5.75 Å². The Labute approximate surface area is 370 Å². The van der Waals surface area contributed by atoms with Crippen LogP contribution in [0.1, 0.15) is 76.1 Å². The molecule has 7 N–H and O–H groups in total. The fourth-order valence-electron chi connectivity index (χ4n) is 6.66. The number of nitrogens with two attached hydrogens (primary N) is 1. The Morgan fingerprint density at radius 3 is 2.55 bits per heavy atom. The number of amidine groups is 2. The molecule has 3 aromatic carbocycles. The van der Waals surface area contributed by atoms with E-state index in [1.54, 1.807) is 67.7 Å². The normalized spacial score (nSPS) is 12.2. The first-order valence-corrected chi connectivity index (χ1v) is 20.8. The number of rotatable bonds is 26. The Hall–Kier alpha value is -7.12. The molecule has 1 unspecified atom stereocenters. The number of fused-ring (bicyclic) bond motifs is 1. The first-order chi connectivity index (χ1) is 31.0. The van der Waals surface area contributed by atoms with Crippen LogP contribution in [-0.4, -0.2) is 114 Å². The minimum Gasteiger partial charge on any atom is -0.494 e. The Morgan fingerprint density at radius 1 is 0.984 bits per heavy atom. The monoisotopic (exact) mass is 880 g/mol. The lowest BCUT2D eigenvalue weighted by Gasteiger charge is -2.24. The van der Waals surface area contributed by atoms with Crippen LogP contribution in [0.4, 0.5) is 15.8 Å². The summed E-state index contributed by atoms with van der Waals surface area (Å²) in [4.78, 5) is 72.0. The van der Waals surface area contributed by atoms with Crippen molar-refractivity contribution in [1.29, 1.82) is 10.8 Å². The van der Waals surface area contributed by atoms with Gasteiger partial charge in [-0.05, 0) is 86.7 Å². The van der Waals surface area contributed by atoms with Gasteiger partial charge in [0.15, 0.2) is 5.84 Å². The van der Waals surface area contributed by atoms with Gasteiger partial charge in [-0.3, -0.25) is 30.0 Å². The van der Waals surface area contributed by atoms with Crippen LogP contribution < -0.4 is 26.4 Å². The SMILES string of the molecule is CN(C(=N)CNc1cccc(C(=O)NCc2cc(OCCCCCOCCCOCC(=O)Nc3cccc4c3CN(C(CCC=O)C(N)=O)C4=O)ccc2F)c1)C(=N)c1ccncn1. The van der Waals surface area contributed by atoms with Crippen molar-refractivity contribution in [3.8, 4) is 5.75 Å². The van der Waals surface area contributed by atoms with Gasteiger partial charge >= 0.3 is 0 Å². The topological polar surface area (TPSA) is 255 Å². The molecule has 2 heterocycles. The number of halogens is 1. The zero-order valence-electron chi connectivity index (χ0n) is 35.6. The Balaban J connectivity index is 0.914. The number of primary amides is 1. The molecule has 1 atom stereocenters. The van der Waals surface area contributed by atoms with Gasteiger partial charge in [0.25, 0.3) is 11.8 Å². The number of nitrogens with one attached hydrogen (secondary N) is 5. The number of nitrogens with zero attached hydrogens (tertiary/aromatic N) is 4. The first kappa shape index (κ1) is 47.9. The van der Waals surface area contributed by atoms with E-state index in [4.69, 9.17) is 30.8 Å². The maximum Gasteiger partial charge on any atom is 0.255 e. The number of benzene rings is 3. The summed E-state index contributed by atoms with van der Waals surface area (Å²) >= 11 is 0. The molecule has 0 spiro atoms. The van der Waals surface area contributed by atoms with Gasteiger partial charge in [0.2, 0.25) is 11.8 Å². The highest BCUT2D eigenvalue weighted by Gasteiger charge is 2.36. The zero-order chi connectivity index (χ0) is 45.8. The summed E-state index contributed by atoms with van der Waals surface area (Å²) in [6.45, 7) is 1.62. The van der Waals surface area contributed by atoms with Crippen molar-refractivity contribution >= 4 is 53.0 Å². The van der Waals surface area contributed by atoms with Gasteiger partial charge in [-0.1, -0.05) is 12.1 Å². The number of hydrogen-bond donors (Lipinski definition) is 6. The predicted molar refractivity (Wildman–Crippen MR) is 236 cm³/mol. The summed E-state index contributed by atoms with van der Waals surface area (Å²) in [5.74, 6) is -1.73. The second kappa shape index (κ2) is 24.5. The van der Waals surface area contributed by atoms with Crippen LogP contribution >= 0.6 is 0 Å². The molecule has 64 heavy (non-hydrogen) atoms. The molecule has 5 rings (SSSR count). The fourth-order valence-corrected chi connectivity index (χ4v) is 6.66. The van der Waals surface area contributed by atoms with Crippen LogP contribution in [0, 0.1) is 16.6 Å². The second-order valence-electron chi connectivity index (χ2n) is 14.7. The molecule has 4 aromatic rings. The number of carbonyl (C=O) groups excluding carboxylic acids is 5. The quantitative estimate of drug-likeness (QED) is 0.0224. The fraction of sp³-hybridized carbons (Fsp3) is 0.356. The van der Waals surface area contributed by atoms with Crippen molar-refractivity contribution < 1.29 is 42.6 Å². The van der Waals surface area contributed by atoms with Crippen molar-refractivity contribution in [2.24, 2.45) is 5.73 Å². The van der Waals surface area contributed by atoms with Crippen molar-refractivity contribution in [2.75, 3.05) is 57.3 Å². The van der Waals surface area contributed by atoms with Crippen molar-refractivity contribution in [1.82, 2.24) is 25.1 Å². The average Bonchev–Trinajstić information content (AvgIpc) is 3.64. The van der Waals surface area contributed by atoms with E-state index >= 15 is 0 Å². The molecule has 4 amide bonds. The second-order valence-corrected chi connectivity index (χ2v) is 14.7. The predicted octanol–water partition coefficient (Wildman–Crippen LogP) is 4.29. The molecular formula is C45H53FN10O8. The highest BCUT2D eigenvalue weighted by atomic mass is 19.1. The van der Waals surface area contributed by atoms with Crippen LogP contribution in [0.25, 0.3) is 0 Å². The van der Waals surface area contributed by atoms with Gasteiger partial charge < -0.3 is 50.5 Å². The van der Waals surface area contributed by atoms with E-state index in [0.717, 1.165) is 19.3 Å². The molecule has 18 nitrogen and oxygen atoms in total. The third-order valence-corrected chi connectivity index (χ3v) is 10.2. The van der Waals surface area contributed by atoms with Crippen LogP contribution in [0.2, 0.25) is 0 Å². The lowest BCUT2D eigenvalue weighted by Crippen LogP contribution is -2.44. The number of anilines is 2.